The number of carbonyl (C=O) groups is 2. The topological polar surface area (TPSA) is 114 Å². The van der Waals surface area contributed by atoms with Gasteiger partial charge in [-0.25, -0.2) is 9.59 Å². The van der Waals surface area contributed by atoms with Gasteiger partial charge in [-0.2, -0.15) is 0 Å². The summed E-state index contributed by atoms with van der Waals surface area (Å²) in [6.45, 7) is 0.381. The van der Waals surface area contributed by atoms with Crippen molar-refractivity contribution in [1.82, 2.24) is 10.6 Å². The Labute approximate surface area is 282 Å². The van der Waals surface area contributed by atoms with Crippen LogP contribution in [0, 0.1) is 11.8 Å². The third-order valence-corrected chi connectivity index (χ3v) is 7.75. The number of hydrogen-bond donors (Lipinski definition) is 2. The van der Waals surface area contributed by atoms with Crippen molar-refractivity contribution in [3.05, 3.63) is 120 Å². The minimum Gasteiger partial charge on any atom is -0.497 e. The molecule has 4 aromatic rings. The number of hydrogen-bond acceptors (Lipinski definition) is 10. The highest BCUT2D eigenvalue weighted by Gasteiger charge is 2.32. The molecule has 2 N–H and O–H groups in total. The molecule has 10 nitrogen and oxygen atoms in total. The lowest BCUT2D eigenvalue weighted by Crippen LogP contribution is -2.46. The molecule has 4 unspecified atom stereocenters. The van der Waals surface area contributed by atoms with Crippen LogP contribution in [-0.4, -0.2) is 65.9 Å². The predicted octanol–water partition coefficient (Wildman–Crippen LogP) is 5.06. The van der Waals surface area contributed by atoms with E-state index in [9.17, 15) is 9.59 Å². The van der Waals surface area contributed by atoms with Crippen molar-refractivity contribution in [3.63, 3.8) is 0 Å². The summed E-state index contributed by atoms with van der Waals surface area (Å²) in [5, 5.41) is 6.07. The molecule has 0 heterocycles. The number of nitrogens with one attached hydrogen (secondary N) is 2. The molecule has 0 amide bonds. The molecule has 0 spiro atoms. The molecule has 0 aromatic heterocycles. The fraction of sp³-hybridized carbons (Fsp3) is 0.316. The Morgan fingerprint density at radius 1 is 0.542 bits per heavy atom. The molecule has 0 saturated carbocycles. The molecular formula is C38H44N2O8. The normalized spacial score (nSPS) is 13.3. The van der Waals surface area contributed by atoms with Crippen LogP contribution in [0.25, 0.3) is 0 Å². The van der Waals surface area contributed by atoms with Crippen LogP contribution in [-0.2, 0) is 31.9 Å². The van der Waals surface area contributed by atoms with Gasteiger partial charge in [0.2, 0.25) is 0 Å². The molecule has 0 aliphatic carbocycles. The second-order valence-corrected chi connectivity index (χ2v) is 11.1. The van der Waals surface area contributed by atoms with Crippen molar-refractivity contribution in [2.24, 2.45) is 11.8 Å². The van der Waals surface area contributed by atoms with Crippen molar-refractivity contribution >= 4 is 11.9 Å². The molecule has 0 aliphatic heterocycles. The maximum absolute atomic E-state index is 13.2. The molecule has 4 atom stereocenters. The van der Waals surface area contributed by atoms with E-state index in [1.807, 2.05) is 97.1 Å². The highest BCUT2D eigenvalue weighted by molar-refractivity contribution is 6.29. The van der Waals surface area contributed by atoms with Gasteiger partial charge in [0, 0.05) is 24.0 Å². The summed E-state index contributed by atoms with van der Waals surface area (Å²) in [4.78, 5) is 26.5. The lowest BCUT2D eigenvalue weighted by molar-refractivity contribution is -0.179. The van der Waals surface area contributed by atoms with Gasteiger partial charge in [0.05, 0.1) is 27.4 Å². The van der Waals surface area contributed by atoms with Crippen molar-refractivity contribution in [2.45, 2.75) is 25.3 Å². The van der Waals surface area contributed by atoms with Gasteiger partial charge in [-0.05, 0) is 62.3 Å². The summed E-state index contributed by atoms with van der Waals surface area (Å²) in [6, 6.07) is 34.1. The van der Waals surface area contributed by atoms with Crippen molar-refractivity contribution < 1.29 is 38.0 Å². The maximum Gasteiger partial charge on any atom is 0.419 e. The molecule has 10 heteroatoms. The molecule has 0 aliphatic rings. The molecule has 0 bridgehead atoms. The van der Waals surface area contributed by atoms with Crippen LogP contribution < -0.4 is 29.6 Å². The Morgan fingerprint density at radius 3 is 1.27 bits per heavy atom. The Kier molecular flexibility index (Phi) is 14.1. The van der Waals surface area contributed by atoms with Gasteiger partial charge in [-0.3, -0.25) is 10.6 Å². The van der Waals surface area contributed by atoms with Crippen LogP contribution >= 0.6 is 0 Å². The molecule has 0 saturated heterocycles. The number of carbonyl (C=O) groups excluding carboxylic acids is 2. The summed E-state index contributed by atoms with van der Waals surface area (Å²) >= 11 is 0. The molecular weight excluding hydrogens is 612 g/mol. The first-order valence-electron chi connectivity index (χ1n) is 15.8. The van der Waals surface area contributed by atoms with Crippen LogP contribution in [0.15, 0.2) is 109 Å². The predicted molar refractivity (Wildman–Crippen MR) is 182 cm³/mol. The molecule has 4 rings (SSSR count). The van der Waals surface area contributed by atoms with Crippen molar-refractivity contribution in [2.75, 3.05) is 41.5 Å². The first kappa shape index (κ1) is 35.8. The van der Waals surface area contributed by atoms with E-state index in [-0.39, 0.29) is 25.0 Å². The summed E-state index contributed by atoms with van der Waals surface area (Å²) in [5.74, 6) is -0.446. The standard InChI is InChI=1S/C38H44N2O8/c1-39-35(29(21-27-13-7-5-8-14-27)25-45-33-19-11-17-31(23-33)43-3)47-37(41)38(42)48-36(40-2)30(22-28-15-9-6-10-16-28)26-46-34-20-12-18-32(24-34)44-4/h5-20,23-24,29-30,35-36,39-40H,21-22,25-26H2,1-4H3. The van der Waals surface area contributed by atoms with E-state index in [0.717, 1.165) is 11.1 Å². The highest BCUT2D eigenvalue weighted by atomic mass is 16.6. The summed E-state index contributed by atoms with van der Waals surface area (Å²) in [6.07, 6.45) is -0.697. The third kappa shape index (κ3) is 11.0. The van der Waals surface area contributed by atoms with Gasteiger partial charge in [0.1, 0.15) is 23.0 Å². The van der Waals surface area contributed by atoms with Crippen LogP contribution in [0.1, 0.15) is 11.1 Å². The second kappa shape index (κ2) is 18.9. The van der Waals surface area contributed by atoms with Gasteiger partial charge < -0.3 is 28.4 Å². The van der Waals surface area contributed by atoms with Gasteiger partial charge in [-0.15, -0.1) is 0 Å². The molecule has 48 heavy (non-hydrogen) atoms. The lowest BCUT2D eigenvalue weighted by atomic mass is 9.98. The van der Waals surface area contributed by atoms with E-state index in [2.05, 4.69) is 10.6 Å². The Bertz CT molecular complexity index is 1440. The lowest BCUT2D eigenvalue weighted by Gasteiger charge is -2.28. The zero-order valence-corrected chi connectivity index (χ0v) is 27.8. The smallest absolute Gasteiger partial charge is 0.419 e. The first-order valence-corrected chi connectivity index (χ1v) is 15.8. The quantitative estimate of drug-likeness (QED) is 0.0857. The summed E-state index contributed by atoms with van der Waals surface area (Å²) < 4.78 is 34.3. The van der Waals surface area contributed by atoms with Gasteiger partial charge in [0.15, 0.2) is 12.5 Å². The fourth-order valence-corrected chi connectivity index (χ4v) is 5.24. The number of rotatable bonds is 18. The van der Waals surface area contributed by atoms with Crippen LogP contribution in [0.5, 0.6) is 23.0 Å². The molecule has 0 radical (unpaired) electrons. The second-order valence-electron chi connectivity index (χ2n) is 11.1. The number of benzene rings is 4. The van der Waals surface area contributed by atoms with E-state index in [4.69, 9.17) is 28.4 Å². The Hall–Kier alpha value is -5.06. The van der Waals surface area contributed by atoms with E-state index in [1.165, 1.54) is 0 Å². The van der Waals surface area contributed by atoms with Crippen molar-refractivity contribution in [1.29, 1.82) is 0 Å². The van der Waals surface area contributed by atoms with Crippen LogP contribution in [0.4, 0.5) is 0 Å². The summed E-state index contributed by atoms with van der Waals surface area (Å²) in [5.41, 5.74) is 2.04. The van der Waals surface area contributed by atoms with Crippen LogP contribution in [0.3, 0.4) is 0 Å². The van der Waals surface area contributed by atoms with Crippen molar-refractivity contribution in [3.8, 4) is 23.0 Å². The first-order chi connectivity index (χ1) is 23.4. The minimum atomic E-state index is -1.12. The monoisotopic (exact) mass is 656 g/mol. The average Bonchev–Trinajstić information content (AvgIpc) is 3.14. The zero-order valence-electron chi connectivity index (χ0n) is 27.8. The van der Waals surface area contributed by atoms with Gasteiger partial charge in [-0.1, -0.05) is 72.8 Å². The summed E-state index contributed by atoms with van der Waals surface area (Å²) in [7, 11) is 6.50. The minimum absolute atomic E-state index is 0.190. The van der Waals surface area contributed by atoms with E-state index in [1.54, 1.807) is 40.4 Å². The highest BCUT2D eigenvalue weighted by Crippen LogP contribution is 2.24. The fourth-order valence-electron chi connectivity index (χ4n) is 5.24. The Balaban J connectivity index is 1.45. The third-order valence-electron chi connectivity index (χ3n) is 7.75. The Morgan fingerprint density at radius 2 is 0.917 bits per heavy atom. The van der Waals surface area contributed by atoms with E-state index in [0.29, 0.717) is 35.8 Å². The molecule has 254 valence electrons. The van der Waals surface area contributed by atoms with Gasteiger partial charge in [0.25, 0.3) is 0 Å². The van der Waals surface area contributed by atoms with E-state index < -0.39 is 24.4 Å². The number of esters is 2. The molecule has 0 fully saturated rings. The SMILES string of the molecule is CNC(OC(=O)C(=O)OC(NC)C(COc1cccc(OC)c1)Cc1ccccc1)C(COc1cccc(OC)c1)Cc1ccccc1. The zero-order chi connectivity index (χ0) is 34.1. The number of ether oxygens (including phenoxy) is 6. The van der Waals surface area contributed by atoms with Gasteiger partial charge >= 0.3 is 11.9 Å². The average molecular weight is 657 g/mol. The largest absolute Gasteiger partial charge is 0.497 e. The maximum atomic E-state index is 13.2. The van der Waals surface area contributed by atoms with Crippen LogP contribution in [0.2, 0.25) is 0 Å². The number of methoxy groups -OCH3 is 2. The molecule has 4 aromatic carbocycles. The van der Waals surface area contributed by atoms with E-state index >= 15 is 0 Å².